The summed E-state index contributed by atoms with van der Waals surface area (Å²) in [6.45, 7) is 1.93. The van der Waals surface area contributed by atoms with Gasteiger partial charge in [0, 0.05) is 38.2 Å². The summed E-state index contributed by atoms with van der Waals surface area (Å²) >= 11 is 3.43. The molecule has 3 aromatic carbocycles. The standard InChI is InChI=1S/C28H19BrN2O4/c1-15-5-4-6-18(11-15)31-25(20-14-30-21-8-3-2-7-19(20)21)24(27(33)28(31)34)26(32)23-13-16-12-17(29)9-10-22(16)35-23/h2-14,25,30,33H,1H3. The molecule has 1 aliphatic rings. The van der Waals surface area contributed by atoms with Gasteiger partial charge in [0.1, 0.15) is 5.58 Å². The number of amides is 1. The minimum atomic E-state index is -0.840. The molecule has 3 heterocycles. The number of aliphatic hydroxyl groups excluding tert-OH is 1. The summed E-state index contributed by atoms with van der Waals surface area (Å²) < 4.78 is 6.69. The van der Waals surface area contributed by atoms with Crippen LogP contribution < -0.4 is 4.90 Å². The van der Waals surface area contributed by atoms with Gasteiger partial charge >= 0.3 is 0 Å². The molecule has 1 aliphatic heterocycles. The Balaban J connectivity index is 1.55. The number of hydrogen-bond acceptors (Lipinski definition) is 4. The van der Waals surface area contributed by atoms with Crippen LogP contribution in [0.15, 0.2) is 99.2 Å². The zero-order valence-corrected chi connectivity index (χ0v) is 20.2. The number of Topliss-reactive ketones (excluding diaryl/α,β-unsaturated/α-hetero) is 1. The van der Waals surface area contributed by atoms with Crippen molar-refractivity contribution in [3.8, 4) is 0 Å². The van der Waals surface area contributed by atoms with E-state index < -0.39 is 23.5 Å². The summed E-state index contributed by atoms with van der Waals surface area (Å²) in [4.78, 5) is 32.0. The Morgan fingerprint density at radius 3 is 2.71 bits per heavy atom. The molecule has 1 amide bonds. The Labute approximate surface area is 208 Å². The van der Waals surface area contributed by atoms with Crippen molar-refractivity contribution in [1.29, 1.82) is 0 Å². The quantitative estimate of drug-likeness (QED) is 0.253. The maximum atomic E-state index is 13.8. The minimum Gasteiger partial charge on any atom is -0.503 e. The highest BCUT2D eigenvalue weighted by molar-refractivity contribution is 9.10. The smallest absolute Gasteiger partial charge is 0.294 e. The fraction of sp³-hybridized carbons (Fsp3) is 0.0714. The predicted molar refractivity (Wildman–Crippen MR) is 138 cm³/mol. The lowest BCUT2D eigenvalue weighted by Gasteiger charge is -2.26. The van der Waals surface area contributed by atoms with Crippen LogP contribution in [-0.4, -0.2) is 21.8 Å². The number of aromatic nitrogens is 1. The first-order valence-electron chi connectivity index (χ1n) is 11.1. The van der Waals surface area contributed by atoms with Crippen LogP contribution in [0.3, 0.4) is 0 Å². The number of ketones is 1. The van der Waals surface area contributed by atoms with Gasteiger partial charge in [0.15, 0.2) is 11.5 Å². The number of carbonyl (C=O) groups excluding carboxylic acids is 2. The van der Waals surface area contributed by atoms with Crippen molar-refractivity contribution < 1.29 is 19.1 Å². The second kappa shape index (κ2) is 7.99. The van der Waals surface area contributed by atoms with Gasteiger partial charge in [-0.3, -0.25) is 14.5 Å². The monoisotopic (exact) mass is 526 g/mol. The minimum absolute atomic E-state index is 0.0145. The zero-order valence-electron chi connectivity index (χ0n) is 18.6. The van der Waals surface area contributed by atoms with Crippen molar-refractivity contribution in [2.75, 3.05) is 4.90 Å². The third-order valence-corrected chi connectivity index (χ3v) is 6.84. The summed E-state index contributed by atoms with van der Waals surface area (Å²) in [6, 6.07) is 21.3. The fourth-order valence-electron chi connectivity index (χ4n) is 4.75. The van der Waals surface area contributed by atoms with E-state index in [0.717, 1.165) is 26.3 Å². The molecule has 0 spiro atoms. The second-order valence-electron chi connectivity index (χ2n) is 8.59. The summed E-state index contributed by atoms with van der Waals surface area (Å²) in [5.41, 5.74) is 3.65. The van der Waals surface area contributed by atoms with Crippen molar-refractivity contribution in [2.45, 2.75) is 13.0 Å². The van der Waals surface area contributed by atoms with Gasteiger partial charge in [-0.1, -0.05) is 46.3 Å². The largest absolute Gasteiger partial charge is 0.503 e. The van der Waals surface area contributed by atoms with E-state index in [-0.39, 0.29) is 11.3 Å². The third kappa shape index (κ3) is 3.39. The number of anilines is 1. The summed E-state index contributed by atoms with van der Waals surface area (Å²) in [5.74, 6) is -1.68. The van der Waals surface area contributed by atoms with E-state index in [0.29, 0.717) is 16.8 Å². The normalized spacial score (nSPS) is 16.1. The van der Waals surface area contributed by atoms with E-state index >= 15 is 0 Å². The van der Waals surface area contributed by atoms with Crippen molar-refractivity contribution in [1.82, 2.24) is 4.98 Å². The Morgan fingerprint density at radius 2 is 1.89 bits per heavy atom. The van der Waals surface area contributed by atoms with Crippen LogP contribution in [0.2, 0.25) is 0 Å². The Hall–Kier alpha value is -4.10. The molecule has 2 aromatic heterocycles. The highest BCUT2D eigenvalue weighted by Crippen LogP contribution is 2.44. The summed E-state index contributed by atoms with van der Waals surface area (Å²) in [7, 11) is 0. The van der Waals surface area contributed by atoms with Gasteiger partial charge in [-0.05, 0) is 55.0 Å². The number of aryl methyl sites for hydroxylation is 1. The van der Waals surface area contributed by atoms with Gasteiger partial charge in [0.2, 0.25) is 5.78 Å². The molecule has 0 saturated carbocycles. The Kier molecular flexibility index (Phi) is 4.89. The van der Waals surface area contributed by atoms with E-state index in [4.69, 9.17) is 4.42 Å². The van der Waals surface area contributed by atoms with Gasteiger partial charge in [-0.2, -0.15) is 0 Å². The predicted octanol–water partition coefficient (Wildman–Crippen LogP) is 6.77. The maximum absolute atomic E-state index is 13.8. The SMILES string of the molecule is Cc1cccc(N2C(=O)C(O)=C(C(=O)c3cc4cc(Br)ccc4o3)C2c2c[nH]c3ccccc23)c1. The average Bonchev–Trinajstić information content (AvgIpc) is 3.53. The van der Waals surface area contributed by atoms with Crippen LogP contribution >= 0.6 is 15.9 Å². The number of H-pyrrole nitrogens is 1. The molecule has 7 heteroatoms. The van der Waals surface area contributed by atoms with Crippen LogP contribution in [0, 0.1) is 6.92 Å². The van der Waals surface area contributed by atoms with Crippen molar-refractivity contribution in [3.63, 3.8) is 0 Å². The third-order valence-electron chi connectivity index (χ3n) is 6.35. The topological polar surface area (TPSA) is 86.5 Å². The first-order chi connectivity index (χ1) is 16.9. The number of nitrogens with zero attached hydrogens (tertiary/aromatic N) is 1. The fourth-order valence-corrected chi connectivity index (χ4v) is 5.13. The van der Waals surface area contributed by atoms with Crippen molar-refractivity contribution >= 4 is 55.2 Å². The number of halogens is 1. The van der Waals surface area contributed by atoms with E-state index in [1.54, 1.807) is 24.4 Å². The molecular weight excluding hydrogens is 508 g/mol. The number of aromatic amines is 1. The highest BCUT2D eigenvalue weighted by Gasteiger charge is 2.46. The Bertz CT molecular complexity index is 1690. The van der Waals surface area contributed by atoms with E-state index in [1.165, 1.54) is 4.90 Å². The van der Waals surface area contributed by atoms with Crippen LogP contribution in [0.25, 0.3) is 21.9 Å². The highest BCUT2D eigenvalue weighted by atomic mass is 79.9. The first-order valence-corrected chi connectivity index (χ1v) is 11.8. The molecule has 0 aliphatic carbocycles. The number of benzene rings is 3. The molecule has 0 radical (unpaired) electrons. The number of aliphatic hydroxyl groups is 1. The first kappa shape index (κ1) is 21.4. The molecule has 35 heavy (non-hydrogen) atoms. The van der Waals surface area contributed by atoms with Crippen molar-refractivity contribution in [3.05, 3.63) is 112 Å². The number of furan rings is 1. The number of carbonyl (C=O) groups is 2. The van der Waals surface area contributed by atoms with E-state index in [2.05, 4.69) is 20.9 Å². The van der Waals surface area contributed by atoms with Crippen LogP contribution in [0.5, 0.6) is 0 Å². The maximum Gasteiger partial charge on any atom is 0.294 e. The van der Waals surface area contributed by atoms with E-state index in [9.17, 15) is 14.7 Å². The molecule has 1 unspecified atom stereocenters. The molecule has 0 bridgehead atoms. The van der Waals surface area contributed by atoms with Gasteiger partial charge in [-0.25, -0.2) is 0 Å². The molecule has 6 nitrogen and oxygen atoms in total. The van der Waals surface area contributed by atoms with Crippen molar-refractivity contribution in [2.24, 2.45) is 0 Å². The molecule has 172 valence electrons. The molecule has 0 fully saturated rings. The van der Waals surface area contributed by atoms with Crippen LogP contribution in [-0.2, 0) is 4.79 Å². The molecular formula is C28H19BrN2O4. The van der Waals surface area contributed by atoms with Crippen LogP contribution in [0.1, 0.15) is 27.7 Å². The summed E-state index contributed by atoms with van der Waals surface area (Å²) in [6.07, 6.45) is 1.78. The van der Waals surface area contributed by atoms with E-state index in [1.807, 2.05) is 61.5 Å². The lowest BCUT2D eigenvalue weighted by molar-refractivity contribution is -0.117. The Morgan fingerprint density at radius 1 is 1.06 bits per heavy atom. The number of para-hydroxylation sites is 1. The van der Waals surface area contributed by atoms with Crippen LogP contribution in [0.4, 0.5) is 5.69 Å². The molecule has 0 saturated heterocycles. The van der Waals surface area contributed by atoms with Gasteiger partial charge in [-0.15, -0.1) is 0 Å². The number of nitrogens with one attached hydrogen (secondary N) is 1. The molecule has 2 N–H and O–H groups in total. The molecule has 1 atom stereocenters. The summed E-state index contributed by atoms with van der Waals surface area (Å²) in [5, 5.41) is 12.7. The molecule has 5 aromatic rings. The number of fused-ring (bicyclic) bond motifs is 2. The average molecular weight is 527 g/mol. The zero-order chi connectivity index (χ0) is 24.3. The number of rotatable bonds is 4. The lowest BCUT2D eigenvalue weighted by atomic mass is 9.94. The second-order valence-corrected chi connectivity index (χ2v) is 9.51. The van der Waals surface area contributed by atoms with Gasteiger partial charge < -0.3 is 14.5 Å². The molecule has 6 rings (SSSR count). The van der Waals surface area contributed by atoms with Gasteiger partial charge in [0.05, 0.1) is 11.6 Å². The van der Waals surface area contributed by atoms with Gasteiger partial charge in [0.25, 0.3) is 5.91 Å². The lowest BCUT2D eigenvalue weighted by Crippen LogP contribution is -2.31. The number of hydrogen-bond donors (Lipinski definition) is 2.